The lowest BCUT2D eigenvalue weighted by molar-refractivity contribution is -0.137. The zero-order valence-electron chi connectivity index (χ0n) is 13.5. The average molecular weight is 387 g/mol. The number of hydrogen-bond acceptors (Lipinski definition) is 7. The van der Waals surface area contributed by atoms with Crippen LogP contribution >= 0.6 is 11.3 Å². The van der Waals surface area contributed by atoms with E-state index in [2.05, 4.69) is 15.3 Å². The Morgan fingerprint density at radius 1 is 1.31 bits per heavy atom. The predicted octanol–water partition coefficient (Wildman–Crippen LogP) is 1.91. The number of morpholine rings is 1. The number of anilines is 2. The fourth-order valence-electron chi connectivity index (χ4n) is 2.47. The van der Waals surface area contributed by atoms with E-state index in [1.807, 2.05) is 0 Å². The second kappa shape index (κ2) is 7.46. The van der Waals surface area contributed by atoms with E-state index in [4.69, 9.17) is 10.5 Å². The summed E-state index contributed by atoms with van der Waals surface area (Å²) in [6.07, 6.45) is -2.34. The molecule has 0 bridgehead atoms. The molecule has 0 spiro atoms. The van der Waals surface area contributed by atoms with E-state index in [0.29, 0.717) is 36.3 Å². The van der Waals surface area contributed by atoms with Crippen LogP contribution in [0.5, 0.6) is 0 Å². The molecule has 1 aliphatic heterocycles. The monoisotopic (exact) mass is 387 g/mol. The first kappa shape index (κ1) is 18.4. The Morgan fingerprint density at radius 3 is 2.65 bits per heavy atom. The number of carbonyl (C=O) groups excluding carboxylic acids is 1. The molecule has 7 nitrogen and oxygen atoms in total. The quantitative estimate of drug-likeness (QED) is 0.833. The van der Waals surface area contributed by atoms with Crippen molar-refractivity contribution in [2.24, 2.45) is 0 Å². The number of rotatable bonds is 4. The molecule has 140 valence electrons. The van der Waals surface area contributed by atoms with E-state index in [1.165, 1.54) is 17.5 Å². The molecule has 1 aliphatic rings. The standard InChI is InChI=1S/C15H16F3N5O2S/c16-15(17,18)9-5-11(12(20-6-9)23-1-3-25-4-2-23)13(24)21-7-10-8-22-14(19)26-10/h5-6,8H,1-4,7H2,(H2,19,22)(H,21,24). The van der Waals surface area contributed by atoms with Gasteiger partial charge in [0.1, 0.15) is 5.82 Å². The highest BCUT2D eigenvalue weighted by molar-refractivity contribution is 7.15. The highest BCUT2D eigenvalue weighted by Gasteiger charge is 2.33. The summed E-state index contributed by atoms with van der Waals surface area (Å²) in [6, 6.07) is 0.828. The van der Waals surface area contributed by atoms with Gasteiger partial charge in [-0.15, -0.1) is 11.3 Å². The lowest BCUT2D eigenvalue weighted by atomic mass is 10.1. The van der Waals surface area contributed by atoms with Gasteiger partial charge in [0.25, 0.3) is 5.91 Å². The third-order valence-electron chi connectivity index (χ3n) is 3.74. The van der Waals surface area contributed by atoms with Crippen LogP contribution in [0.1, 0.15) is 20.8 Å². The molecule has 26 heavy (non-hydrogen) atoms. The third kappa shape index (κ3) is 4.22. The molecule has 0 aromatic carbocycles. The number of thiazole rings is 1. The van der Waals surface area contributed by atoms with Gasteiger partial charge < -0.3 is 20.7 Å². The molecule has 0 radical (unpaired) electrons. The van der Waals surface area contributed by atoms with Crippen LogP contribution in [0.3, 0.4) is 0 Å². The predicted molar refractivity (Wildman–Crippen MR) is 90.0 cm³/mol. The zero-order chi connectivity index (χ0) is 18.7. The smallest absolute Gasteiger partial charge is 0.378 e. The van der Waals surface area contributed by atoms with E-state index < -0.39 is 17.6 Å². The number of halogens is 3. The molecule has 0 aliphatic carbocycles. The summed E-state index contributed by atoms with van der Waals surface area (Å²) in [5.74, 6) is -0.431. The van der Waals surface area contributed by atoms with Gasteiger partial charge >= 0.3 is 6.18 Å². The Balaban J connectivity index is 1.86. The Bertz CT molecular complexity index is 790. The minimum atomic E-state index is -4.59. The number of aromatic nitrogens is 2. The summed E-state index contributed by atoms with van der Waals surface area (Å²) >= 11 is 1.19. The van der Waals surface area contributed by atoms with Crippen molar-refractivity contribution >= 4 is 28.2 Å². The number of ether oxygens (including phenoxy) is 1. The number of carbonyl (C=O) groups is 1. The molecule has 3 rings (SSSR count). The number of pyridine rings is 1. The lowest BCUT2D eigenvalue weighted by Gasteiger charge is -2.29. The fourth-order valence-corrected chi connectivity index (χ4v) is 3.10. The summed E-state index contributed by atoms with van der Waals surface area (Å²) in [6.45, 7) is 1.86. The molecule has 11 heteroatoms. The minimum Gasteiger partial charge on any atom is -0.378 e. The Labute approximate surface area is 151 Å². The SMILES string of the molecule is Nc1ncc(CNC(=O)c2cc(C(F)(F)F)cnc2N2CCOCC2)s1. The van der Waals surface area contributed by atoms with Crippen LogP contribution in [0.4, 0.5) is 24.1 Å². The molecule has 0 unspecified atom stereocenters. The maximum absolute atomic E-state index is 13.0. The van der Waals surface area contributed by atoms with E-state index in [9.17, 15) is 18.0 Å². The summed E-state index contributed by atoms with van der Waals surface area (Å²) < 4.78 is 44.3. The van der Waals surface area contributed by atoms with Gasteiger partial charge in [0.2, 0.25) is 0 Å². The van der Waals surface area contributed by atoms with Crippen LogP contribution in [0.2, 0.25) is 0 Å². The summed E-state index contributed by atoms with van der Waals surface area (Å²) in [5, 5.41) is 2.95. The Hall–Kier alpha value is -2.40. The van der Waals surface area contributed by atoms with Gasteiger partial charge in [0.15, 0.2) is 5.13 Å². The normalized spacial score (nSPS) is 15.1. The van der Waals surface area contributed by atoms with E-state index in [0.717, 1.165) is 12.3 Å². The van der Waals surface area contributed by atoms with Crippen LogP contribution in [0.25, 0.3) is 0 Å². The number of nitrogen functional groups attached to an aromatic ring is 1. The minimum absolute atomic E-state index is 0.118. The van der Waals surface area contributed by atoms with Crippen LogP contribution in [0.15, 0.2) is 18.5 Å². The number of amides is 1. The van der Waals surface area contributed by atoms with Crippen molar-refractivity contribution in [2.75, 3.05) is 36.9 Å². The molecule has 2 aromatic heterocycles. The molecule has 0 atom stereocenters. The maximum Gasteiger partial charge on any atom is 0.417 e. The lowest BCUT2D eigenvalue weighted by Crippen LogP contribution is -2.38. The van der Waals surface area contributed by atoms with Gasteiger partial charge in [-0.05, 0) is 6.07 Å². The number of hydrogen-bond donors (Lipinski definition) is 2. The molecule has 1 saturated heterocycles. The van der Waals surface area contributed by atoms with Crippen molar-refractivity contribution in [3.8, 4) is 0 Å². The molecule has 1 fully saturated rings. The second-order valence-corrected chi connectivity index (χ2v) is 6.69. The maximum atomic E-state index is 13.0. The molecule has 1 amide bonds. The number of nitrogens with two attached hydrogens (primary N) is 1. The Morgan fingerprint density at radius 2 is 2.04 bits per heavy atom. The van der Waals surface area contributed by atoms with Crippen molar-refractivity contribution in [3.63, 3.8) is 0 Å². The van der Waals surface area contributed by atoms with E-state index in [-0.39, 0.29) is 17.9 Å². The first-order valence-electron chi connectivity index (χ1n) is 7.73. The van der Waals surface area contributed by atoms with Crippen molar-refractivity contribution in [1.82, 2.24) is 15.3 Å². The average Bonchev–Trinajstić information content (AvgIpc) is 3.04. The molecular formula is C15H16F3N5O2S. The summed E-state index contributed by atoms with van der Waals surface area (Å²) in [5.41, 5.74) is 4.43. The number of nitrogens with one attached hydrogen (secondary N) is 1. The highest BCUT2D eigenvalue weighted by atomic mass is 32.1. The van der Waals surface area contributed by atoms with Crippen LogP contribution in [-0.4, -0.2) is 42.2 Å². The summed E-state index contributed by atoms with van der Waals surface area (Å²) in [4.78, 5) is 22.8. The third-order valence-corrected chi connectivity index (χ3v) is 4.57. The molecule has 0 saturated carbocycles. The van der Waals surface area contributed by atoms with Gasteiger partial charge in [-0.25, -0.2) is 9.97 Å². The van der Waals surface area contributed by atoms with Gasteiger partial charge in [-0.1, -0.05) is 0 Å². The largest absolute Gasteiger partial charge is 0.417 e. The second-order valence-electron chi connectivity index (χ2n) is 5.54. The Kier molecular flexibility index (Phi) is 5.28. The topological polar surface area (TPSA) is 93.4 Å². The van der Waals surface area contributed by atoms with Crippen LogP contribution in [-0.2, 0) is 17.5 Å². The number of nitrogens with zero attached hydrogens (tertiary/aromatic N) is 3. The van der Waals surface area contributed by atoms with Gasteiger partial charge in [0.05, 0.1) is 30.9 Å². The molecule has 3 N–H and O–H groups in total. The molecular weight excluding hydrogens is 371 g/mol. The van der Waals surface area contributed by atoms with Crippen LogP contribution < -0.4 is 16.0 Å². The fraction of sp³-hybridized carbons (Fsp3) is 0.400. The summed E-state index contributed by atoms with van der Waals surface area (Å²) in [7, 11) is 0. The van der Waals surface area contributed by atoms with Crippen molar-refractivity contribution in [1.29, 1.82) is 0 Å². The first-order chi connectivity index (χ1) is 12.3. The van der Waals surface area contributed by atoms with Crippen molar-refractivity contribution in [2.45, 2.75) is 12.7 Å². The molecule has 2 aromatic rings. The molecule has 3 heterocycles. The first-order valence-corrected chi connectivity index (χ1v) is 8.54. The van der Waals surface area contributed by atoms with Gasteiger partial charge in [0, 0.05) is 30.4 Å². The van der Waals surface area contributed by atoms with Gasteiger partial charge in [-0.2, -0.15) is 13.2 Å². The highest BCUT2D eigenvalue weighted by Crippen LogP contribution is 2.31. The zero-order valence-corrected chi connectivity index (χ0v) is 14.4. The van der Waals surface area contributed by atoms with E-state index >= 15 is 0 Å². The van der Waals surface area contributed by atoms with Crippen molar-refractivity contribution < 1.29 is 22.7 Å². The van der Waals surface area contributed by atoms with Crippen LogP contribution in [0, 0.1) is 0 Å². The number of alkyl halides is 3. The van der Waals surface area contributed by atoms with E-state index in [1.54, 1.807) is 4.90 Å². The van der Waals surface area contributed by atoms with Crippen molar-refractivity contribution in [3.05, 3.63) is 34.5 Å². The van der Waals surface area contributed by atoms with Gasteiger partial charge in [-0.3, -0.25) is 4.79 Å².